The summed E-state index contributed by atoms with van der Waals surface area (Å²) in [5.41, 5.74) is 5.98. The summed E-state index contributed by atoms with van der Waals surface area (Å²) < 4.78 is 5.03. The molecule has 0 radical (unpaired) electrons. The quantitative estimate of drug-likeness (QED) is 0.302. The molecule has 64 valence electrons. The molecule has 0 fully saturated rings. The van der Waals surface area contributed by atoms with Crippen molar-refractivity contribution in [3.05, 3.63) is 29.7 Å². The number of hydrogen-bond acceptors (Lipinski definition) is 3. The maximum absolute atomic E-state index is 8.33. The van der Waals surface area contributed by atoms with Crippen LogP contribution in [0.5, 0.6) is 0 Å². The Balaban J connectivity index is 2.83. The minimum atomic E-state index is 0.0893. The molecule has 0 bridgehead atoms. The van der Waals surface area contributed by atoms with Crippen LogP contribution in [0.2, 0.25) is 0 Å². The molecule has 4 heteroatoms. The van der Waals surface area contributed by atoms with Gasteiger partial charge in [0.05, 0.1) is 6.26 Å². The molecule has 1 rings (SSSR count). The summed E-state index contributed by atoms with van der Waals surface area (Å²) in [6.45, 7) is 1.73. The lowest BCUT2D eigenvalue weighted by Crippen LogP contribution is -2.12. The van der Waals surface area contributed by atoms with Crippen LogP contribution in [0.15, 0.2) is 33.5 Å². The van der Waals surface area contributed by atoms with Gasteiger partial charge in [0.2, 0.25) is 0 Å². The Kier molecular flexibility index (Phi) is 2.53. The van der Waals surface area contributed by atoms with Gasteiger partial charge < -0.3 is 15.4 Å². The maximum Gasteiger partial charge on any atom is 0.165 e. The molecule has 0 aromatic carbocycles. The van der Waals surface area contributed by atoms with Gasteiger partial charge in [-0.3, -0.25) is 0 Å². The topological polar surface area (TPSA) is 71.8 Å². The van der Waals surface area contributed by atoms with Crippen molar-refractivity contribution in [1.82, 2.24) is 0 Å². The predicted octanol–water partition coefficient (Wildman–Crippen LogP) is 1.43. The van der Waals surface area contributed by atoms with Gasteiger partial charge in [-0.15, -0.1) is 0 Å². The monoisotopic (exact) mass is 166 g/mol. The summed E-state index contributed by atoms with van der Waals surface area (Å²) >= 11 is 0. The van der Waals surface area contributed by atoms with E-state index in [1.54, 1.807) is 31.4 Å². The molecule has 1 aromatic heterocycles. The van der Waals surface area contributed by atoms with Crippen molar-refractivity contribution in [2.75, 3.05) is 0 Å². The Labute approximate surface area is 70.0 Å². The number of oxime groups is 1. The van der Waals surface area contributed by atoms with Crippen molar-refractivity contribution in [3.8, 4) is 0 Å². The van der Waals surface area contributed by atoms with Crippen molar-refractivity contribution >= 4 is 11.9 Å². The molecular formula is C8H10N2O2. The van der Waals surface area contributed by atoms with Gasteiger partial charge in [0.15, 0.2) is 5.84 Å². The lowest BCUT2D eigenvalue weighted by molar-refractivity contribution is 0.318. The molecule has 3 N–H and O–H groups in total. The summed E-state index contributed by atoms with van der Waals surface area (Å²) in [5.74, 6) is 0.769. The van der Waals surface area contributed by atoms with Gasteiger partial charge in [-0.25, -0.2) is 0 Å². The molecule has 0 atom stereocenters. The van der Waals surface area contributed by atoms with E-state index in [4.69, 9.17) is 15.4 Å². The second kappa shape index (κ2) is 3.61. The van der Waals surface area contributed by atoms with Gasteiger partial charge in [-0.2, -0.15) is 0 Å². The fourth-order valence-corrected chi connectivity index (χ4v) is 0.740. The molecule has 0 aliphatic heterocycles. The molecule has 4 nitrogen and oxygen atoms in total. The highest BCUT2D eigenvalue weighted by molar-refractivity contribution is 5.99. The normalized spacial score (nSPS) is 13.4. The van der Waals surface area contributed by atoms with Gasteiger partial charge in [0, 0.05) is 0 Å². The summed E-state index contributed by atoms with van der Waals surface area (Å²) in [4.78, 5) is 0. The lowest BCUT2D eigenvalue weighted by Gasteiger charge is -1.94. The van der Waals surface area contributed by atoms with Gasteiger partial charge in [-0.1, -0.05) is 5.16 Å². The van der Waals surface area contributed by atoms with E-state index in [1.165, 1.54) is 0 Å². The number of nitrogens with zero attached hydrogens (tertiary/aromatic N) is 1. The molecule has 0 amide bonds. The van der Waals surface area contributed by atoms with Gasteiger partial charge in [-0.05, 0) is 30.7 Å². The smallest absolute Gasteiger partial charge is 0.165 e. The van der Waals surface area contributed by atoms with Crippen LogP contribution >= 0.6 is 0 Å². The SMILES string of the molecule is CC(=C\c1ccco1)/C(N)=N/O. The highest BCUT2D eigenvalue weighted by Crippen LogP contribution is 2.06. The van der Waals surface area contributed by atoms with Gasteiger partial charge in [0.25, 0.3) is 0 Å². The van der Waals surface area contributed by atoms with Gasteiger partial charge >= 0.3 is 0 Å². The van der Waals surface area contributed by atoms with E-state index in [0.29, 0.717) is 11.3 Å². The number of amidine groups is 1. The second-order valence-corrected chi connectivity index (χ2v) is 2.33. The van der Waals surface area contributed by atoms with Crippen molar-refractivity contribution < 1.29 is 9.62 Å². The molecule has 0 spiro atoms. The fraction of sp³-hybridized carbons (Fsp3) is 0.125. The summed E-state index contributed by atoms with van der Waals surface area (Å²) in [6.07, 6.45) is 3.25. The summed E-state index contributed by atoms with van der Waals surface area (Å²) in [6, 6.07) is 3.56. The molecule has 0 aliphatic carbocycles. The molecule has 0 saturated carbocycles. The zero-order chi connectivity index (χ0) is 8.97. The average Bonchev–Trinajstić information content (AvgIpc) is 2.55. The third kappa shape index (κ3) is 1.88. The lowest BCUT2D eigenvalue weighted by atomic mass is 10.2. The third-order valence-electron chi connectivity index (χ3n) is 1.41. The molecular weight excluding hydrogens is 156 g/mol. The Bertz CT molecular complexity index is 299. The van der Waals surface area contributed by atoms with E-state index >= 15 is 0 Å². The zero-order valence-electron chi connectivity index (χ0n) is 6.69. The number of nitrogens with two attached hydrogens (primary N) is 1. The van der Waals surface area contributed by atoms with Crippen molar-refractivity contribution in [2.24, 2.45) is 10.9 Å². The molecule has 0 aliphatic rings. The summed E-state index contributed by atoms with van der Waals surface area (Å²) in [7, 11) is 0. The highest BCUT2D eigenvalue weighted by atomic mass is 16.4. The zero-order valence-corrected chi connectivity index (χ0v) is 6.69. The first kappa shape index (κ1) is 8.39. The molecule has 0 unspecified atom stereocenters. The number of furan rings is 1. The molecule has 1 aromatic rings. The standard InChI is InChI=1S/C8H10N2O2/c1-6(8(9)10-11)5-7-3-2-4-12-7/h2-5,11H,1H3,(H2,9,10)/b6-5+. The average molecular weight is 166 g/mol. The molecule has 12 heavy (non-hydrogen) atoms. The van der Waals surface area contributed by atoms with Crippen LogP contribution in [0, 0.1) is 0 Å². The summed E-state index contributed by atoms with van der Waals surface area (Å²) in [5, 5.41) is 11.2. The van der Waals surface area contributed by atoms with Crippen LogP contribution in [0.3, 0.4) is 0 Å². The molecule has 1 heterocycles. The predicted molar refractivity (Wildman–Crippen MR) is 45.8 cm³/mol. The Morgan fingerprint density at radius 1 is 1.75 bits per heavy atom. The van der Waals surface area contributed by atoms with Crippen molar-refractivity contribution in [1.29, 1.82) is 0 Å². The van der Waals surface area contributed by atoms with E-state index in [0.717, 1.165) is 0 Å². The number of rotatable bonds is 2. The minimum absolute atomic E-state index is 0.0893. The molecule has 0 saturated heterocycles. The van der Waals surface area contributed by atoms with Gasteiger partial charge in [0.1, 0.15) is 5.76 Å². The van der Waals surface area contributed by atoms with Crippen LogP contribution in [0.25, 0.3) is 6.08 Å². The first-order valence-electron chi connectivity index (χ1n) is 3.43. The minimum Gasteiger partial charge on any atom is -0.465 e. The Morgan fingerprint density at radius 2 is 2.50 bits per heavy atom. The van der Waals surface area contributed by atoms with E-state index in [1.807, 2.05) is 0 Å². The Hall–Kier alpha value is -1.71. The second-order valence-electron chi connectivity index (χ2n) is 2.33. The third-order valence-corrected chi connectivity index (χ3v) is 1.41. The Morgan fingerprint density at radius 3 is 3.00 bits per heavy atom. The fourth-order valence-electron chi connectivity index (χ4n) is 0.740. The number of hydrogen-bond donors (Lipinski definition) is 2. The van der Waals surface area contributed by atoms with E-state index in [9.17, 15) is 0 Å². The van der Waals surface area contributed by atoms with E-state index in [-0.39, 0.29) is 5.84 Å². The van der Waals surface area contributed by atoms with E-state index < -0.39 is 0 Å². The van der Waals surface area contributed by atoms with Crippen LogP contribution < -0.4 is 5.73 Å². The van der Waals surface area contributed by atoms with Crippen molar-refractivity contribution in [3.63, 3.8) is 0 Å². The van der Waals surface area contributed by atoms with Crippen LogP contribution in [0.1, 0.15) is 12.7 Å². The first-order chi connectivity index (χ1) is 5.74. The highest BCUT2D eigenvalue weighted by Gasteiger charge is 1.97. The maximum atomic E-state index is 8.33. The van der Waals surface area contributed by atoms with E-state index in [2.05, 4.69) is 5.16 Å². The van der Waals surface area contributed by atoms with Crippen LogP contribution in [-0.4, -0.2) is 11.0 Å². The van der Waals surface area contributed by atoms with Crippen molar-refractivity contribution in [2.45, 2.75) is 6.92 Å². The largest absolute Gasteiger partial charge is 0.465 e. The van der Waals surface area contributed by atoms with Crippen LogP contribution in [-0.2, 0) is 0 Å². The first-order valence-corrected chi connectivity index (χ1v) is 3.43. The van der Waals surface area contributed by atoms with Crippen LogP contribution in [0.4, 0.5) is 0 Å².